The summed E-state index contributed by atoms with van der Waals surface area (Å²) in [7, 11) is 0. The summed E-state index contributed by atoms with van der Waals surface area (Å²) >= 11 is 5.37. The minimum absolute atomic E-state index is 0.00803. The molecule has 0 fully saturated rings. The molecule has 0 bridgehead atoms. The first kappa shape index (κ1) is 22.2. The second-order valence-electron chi connectivity index (χ2n) is 8.23. The Morgan fingerprint density at radius 2 is 1.72 bits per heavy atom. The van der Waals surface area contributed by atoms with Crippen molar-refractivity contribution in [1.82, 2.24) is 4.90 Å². The minimum Gasteiger partial charge on any atom is -0.488 e. The molecule has 4 rings (SSSR count). The molecule has 3 aromatic carbocycles. The maximum absolute atomic E-state index is 12.0. The molecule has 0 spiro atoms. The monoisotopic (exact) mass is 445 g/mol. The van der Waals surface area contributed by atoms with Gasteiger partial charge in [-0.1, -0.05) is 85.0 Å². The number of rotatable bonds is 8. The lowest BCUT2D eigenvalue weighted by molar-refractivity contribution is -0.138. The number of nitrogens with zero attached hydrogens (tertiary/aromatic N) is 1. The van der Waals surface area contributed by atoms with E-state index in [1.165, 1.54) is 0 Å². The second kappa shape index (κ2) is 10.1. The zero-order valence-corrected chi connectivity index (χ0v) is 18.9. The fourth-order valence-corrected chi connectivity index (χ4v) is 4.55. The van der Waals surface area contributed by atoms with Crippen LogP contribution >= 0.6 is 12.2 Å². The van der Waals surface area contributed by atoms with E-state index in [0.717, 1.165) is 32.9 Å². The van der Waals surface area contributed by atoms with E-state index in [-0.39, 0.29) is 18.5 Å². The number of benzene rings is 3. The molecule has 0 amide bonds. The molecule has 2 atom stereocenters. The first-order chi connectivity index (χ1) is 15.5. The van der Waals surface area contributed by atoms with Crippen LogP contribution in [0.3, 0.4) is 0 Å². The van der Waals surface area contributed by atoms with Gasteiger partial charge in [-0.05, 0) is 35.2 Å². The Bertz CT molecular complexity index is 1080. The highest BCUT2D eigenvalue weighted by molar-refractivity contribution is 7.80. The molecule has 0 saturated carbocycles. The summed E-state index contributed by atoms with van der Waals surface area (Å²) in [5.41, 5.74) is 4.30. The largest absolute Gasteiger partial charge is 0.488 e. The van der Waals surface area contributed by atoms with Crippen LogP contribution in [0.2, 0.25) is 0 Å². The molecule has 32 heavy (non-hydrogen) atoms. The lowest BCUT2D eigenvalue weighted by atomic mass is 9.94. The Labute approximate surface area is 194 Å². The fraction of sp³-hybridized carbons (Fsp3) is 0.259. The molecular formula is C27H27NO3S. The van der Waals surface area contributed by atoms with Crippen LogP contribution in [0.4, 0.5) is 0 Å². The maximum Gasteiger partial charge on any atom is 0.305 e. The quantitative estimate of drug-likeness (QED) is 0.446. The van der Waals surface area contributed by atoms with Gasteiger partial charge < -0.3 is 9.84 Å². The van der Waals surface area contributed by atoms with Gasteiger partial charge in [0, 0.05) is 29.9 Å². The molecule has 0 saturated heterocycles. The first-order valence-electron chi connectivity index (χ1n) is 10.8. The van der Waals surface area contributed by atoms with Crippen molar-refractivity contribution in [3.8, 4) is 5.75 Å². The average molecular weight is 446 g/mol. The normalized spacial score (nSPS) is 15.0. The van der Waals surface area contributed by atoms with E-state index >= 15 is 0 Å². The van der Waals surface area contributed by atoms with E-state index < -0.39 is 5.97 Å². The number of fused-ring (bicyclic) bond motifs is 1. The lowest BCUT2D eigenvalue weighted by Crippen LogP contribution is -2.33. The summed E-state index contributed by atoms with van der Waals surface area (Å²) < 4.78 is 5.75. The van der Waals surface area contributed by atoms with Gasteiger partial charge >= 0.3 is 5.97 Å². The van der Waals surface area contributed by atoms with Gasteiger partial charge in [-0.25, -0.2) is 0 Å². The van der Waals surface area contributed by atoms with E-state index in [0.29, 0.717) is 19.6 Å². The topological polar surface area (TPSA) is 49.8 Å². The molecule has 0 radical (unpaired) electrons. The molecule has 1 N–H and O–H groups in total. The van der Waals surface area contributed by atoms with E-state index in [1.54, 1.807) is 0 Å². The Morgan fingerprint density at radius 3 is 2.41 bits per heavy atom. The molecule has 0 aliphatic carbocycles. The van der Waals surface area contributed by atoms with E-state index in [9.17, 15) is 9.90 Å². The van der Waals surface area contributed by atoms with Crippen molar-refractivity contribution in [3.63, 3.8) is 0 Å². The Kier molecular flexibility index (Phi) is 6.98. The van der Waals surface area contributed by atoms with Crippen LogP contribution in [0.15, 0.2) is 78.9 Å². The van der Waals surface area contributed by atoms with Gasteiger partial charge in [0.1, 0.15) is 12.4 Å². The van der Waals surface area contributed by atoms with E-state index in [2.05, 4.69) is 42.2 Å². The van der Waals surface area contributed by atoms with Crippen molar-refractivity contribution in [2.24, 2.45) is 0 Å². The van der Waals surface area contributed by atoms with Crippen molar-refractivity contribution in [3.05, 3.63) is 101 Å². The third kappa shape index (κ3) is 5.23. The lowest BCUT2D eigenvalue weighted by Gasteiger charge is -2.37. The number of ether oxygens (including phenoxy) is 1. The first-order valence-corrected chi connectivity index (χ1v) is 11.3. The van der Waals surface area contributed by atoms with Crippen LogP contribution in [0.1, 0.15) is 47.7 Å². The summed E-state index contributed by atoms with van der Waals surface area (Å²) in [6.07, 6.45) is 0.694. The summed E-state index contributed by atoms with van der Waals surface area (Å²) in [5, 5.41) is 9.82. The SMILES string of the molecule is CC(c1ccccc1)N(Cc1ccccc1)[C@H](CC(=O)O)c1ccc2c(c1)CC(=S)CO2. The van der Waals surface area contributed by atoms with Crippen LogP contribution in [0, 0.1) is 0 Å². The number of thiocarbonyl (C=S) groups is 1. The summed E-state index contributed by atoms with van der Waals surface area (Å²) in [5.74, 6) is 0.0138. The molecule has 1 aliphatic heterocycles. The van der Waals surface area contributed by atoms with Crippen LogP contribution in [0.25, 0.3) is 0 Å². The van der Waals surface area contributed by atoms with Gasteiger partial charge in [0.15, 0.2) is 0 Å². The standard InChI is InChI=1S/C27H27NO3S/c1-19(21-10-6-3-7-11-21)28(17-20-8-4-2-5-9-20)25(16-27(29)30)22-12-13-26-23(14-22)15-24(32)18-31-26/h2-14,19,25H,15-18H2,1H3,(H,29,30)/t19?,25-/m1/s1. The highest BCUT2D eigenvalue weighted by atomic mass is 32.1. The molecule has 3 aromatic rings. The zero-order chi connectivity index (χ0) is 22.5. The van der Waals surface area contributed by atoms with Crippen molar-refractivity contribution in [1.29, 1.82) is 0 Å². The summed E-state index contributed by atoms with van der Waals surface area (Å²) in [6, 6.07) is 26.2. The highest BCUT2D eigenvalue weighted by Gasteiger charge is 2.29. The van der Waals surface area contributed by atoms with Gasteiger partial charge in [-0.2, -0.15) is 0 Å². The summed E-state index contributed by atoms with van der Waals surface area (Å²) in [6.45, 7) is 3.25. The number of hydrogen-bond acceptors (Lipinski definition) is 4. The van der Waals surface area contributed by atoms with Crippen molar-refractivity contribution in [2.45, 2.75) is 38.4 Å². The minimum atomic E-state index is -0.821. The number of carbonyl (C=O) groups is 1. The fourth-order valence-electron chi connectivity index (χ4n) is 4.33. The molecule has 1 heterocycles. The van der Waals surface area contributed by atoms with E-state index in [1.807, 2.05) is 48.5 Å². The second-order valence-corrected chi connectivity index (χ2v) is 8.81. The average Bonchev–Trinajstić information content (AvgIpc) is 2.81. The zero-order valence-electron chi connectivity index (χ0n) is 18.1. The van der Waals surface area contributed by atoms with Gasteiger partial charge in [-0.3, -0.25) is 9.69 Å². The summed E-state index contributed by atoms with van der Waals surface area (Å²) in [4.78, 5) is 15.1. The van der Waals surface area contributed by atoms with Crippen LogP contribution in [-0.2, 0) is 17.8 Å². The Hall–Kier alpha value is -3.02. The third-order valence-corrected chi connectivity index (χ3v) is 6.26. The molecule has 1 unspecified atom stereocenters. The van der Waals surface area contributed by atoms with Crippen LogP contribution in [0.5, 0.6) is 5.75 Å². The molecule has 1 aliphatic rings. The van der Waals surface area contributed by atoms with Gasteiger partial charge in [0.25, 0.3) is 0 Å². The number of carboxylic acids is 1. The molecular weight excluding hydrogens is 418 g/mol. The van der Waals surface area contributed by atoms with Crippen LogP contribution < -0.4 is 4.74 Å². The predicted molar refractivity (Wildman–Crippen MR) is 130 cm³/mol. The van der Waals surface area contributed by atoms with Gasteiger partial charge in [0.2, 0.25) is 0 Å². The predicted octanol–water partition coefficient (Wildman–Crippen LogP) is 5.77. The number of carboxylic acid groups (broad SMARTS) is 1. The van der Waals surface area contributed by atoms with Gasteiger partial charge in [-0.15, -0.1) is 0 Å². The van der Waals surface area contributed by atoms with Crippen molar-refractivity contribution >= 4 is 23.1 Å². The highest BCUT2D eigenvalue weighted by Crippen LogP contribution is 2.37. The molecule has 5 heteroatoms. The molecule has 4 nitrogen and oxygen atoms in total. The Balaban J connectivity index is 1.76. The number of aliphatic carboxylic acids is 1. The van der Waals surface area contributed by atoms with E-state index in [4.69, 9.17) is 17.0 Å². The Morgan fingerprint density at radius 1 is 1.03 bits per heavy atom. The van der Waals surface area contributed by atoms with Crippen molar-refractivity contribution in [2.75, 3.05) is 6.61 Å². The maximum atomic E-state index is 12.0. The van der Waals surface area contributed by atoms with Gasteiger partial charge in [0.05, 0.1) is 6.42 Å². The molecule has 0 aromatic heterocycles. The third-order valence-electron chi connectivity index (χ3n) is 6.00. The smallest absolute Gasteiger partial charge is 0.305 e. The van der Waals surface area contributed by atoms with Crippen molar-refractivity contribution < 1.29 is 14.6 Å². The molecule has 164 valence electrons. The number of hydrogen-bond donors (Lipinski definition) is 1. The van der Waals surface area contributed by atoms with Crippen LogP contribution in [-0.4, -0.2) is 27.4 Å².